The van der Waals surface area contributed by atoms with Crippen LogP contribution in [-0.4, -0.2) is 47.3 Å². The molecule has 18 heavy (non-hydrogen) atoms. The first-order valence-corrected chi connectivity index (χ1v) is 6.46. The van der Waals surface area contributed by atoms with E-state index in [0.29, 0.717) is 13.2 Å². The lowest BCUT2D eigenvalue weighted by atomic mass is 10.1. The molecule has 5 heteroatoms. The summed E-state index contributed by atoms with van der Waals surface area (Å²) in [6, 6.07) is 0. The first-order chi connectivity index (χ1) is 8.59. The Morgan fingerprint density at radius 3 is 2.89 bits per heavy atom. The Morgan fingerprint density at radius 1 is 1.56 bits per heavy atom. The fraction of sp³-hybridized carbons (Fsp3) is 0.692. The number of hydrogen-bond acceptors (Lipinski definition) is 3. The number of ether oxygens (including phenoxy) is 1. The van der Waals surface area contributed by atoms with Gasteiger partial charge in [-0.05, 0) is 38.7 Å². The molecule has 2 heterocycles. The van der Waals surface area contributed by atoms with Crippen molar-refractivity contribution in [3.8, 4) is 0 Å². The molecule has 5 nitrogen and oxygen atoms in total. The van der Waals surface area contributed by atoms with Gasteiger partial charge in [0, 0.05) is 25.9 Å². The van der Waals surface area contributed by atoms with Crippen molar-refractivity contribution in [1.82, 2.24) is 15.1 Å². The van der Waals surface area contributed by atoms with E-state index in [0.717, 1.165) is 30.7 Å². The molecule has 1 N–H and O–H groups in total. The van der Waals surface area contributed by atoms with Gasteiger partial charge in [0.05, 0.1) is 5.69 Å². The fourth-order valence-electron chi connectivity index (χ4n) is 2.35. The molecule has 0 aliphatic carbocycles. The van der Waals surface area contributed by atoms with Gasteiger partial charge < -0.3 is 9.64 Å². The van der Waals surface area contributed by atoms with Crippen LogP contribution in [-0.2, 0) is 16.0 Å². The van der Waals surface area contributed by atoms with E-state index < -0.39 is 0 Å². The number of hydrogen-bond donors (Lipinski definition) is 1. The minimum atomic E-state index is -0.221. The van der Waals surface area contributed by atoms with Crippen molar-refractivity contribution in [3.05, 3.63) is 17.0 Å². The summed E-state index contributed by atoms with van der Waals surface area (Å²) >= 11 is 0. The molecule has 0 unspecified atom stereocenters. The molecule has 0 bridgehead atoms. The molecule has 1 aromatic rings. The van der Waals surface area contributed by atoms with E-state index in [1.807, 2.05) is 20.9 Å². The van der Waals surface area contributed by atoms with Crippen molar-refractivity contribution in [3.63, 3.8) is 0 Å². The zero-order valence-electron chi connectivity index (χ0n) is 11.3. The number of H-pyrrole nitrogens is 1. The van der Waals surface area contributed by atoms with E-state index in [2.05, 4.69) is 10.2 Å². The molecule has 100 valence electrons. The first kappa shape index (κ1) is 13.1. The van der Waals surface area contributed by atoms with Gasteiger partial charge in [-0.1, -0.05) is 0 Å². The largest absolute Gasteiger partial charge is 0.368 e. The first-order valence-electron chi connectivity index (χ1n) is 6.46. The second kappa shape index (κ2) is 5.52. The lowest BCUT2D eigenvalue weighted by molar-refractivity contribution is -0.139. The van der Waals surface area contributed by atoms with Crippen LogP contribution in [0.2, 0.25) is 0 Å². The zero-order valence-corrected chi connectivity index (χ0v) is 11.3. The van der Waals surface area contributed by atoms with E-state index in [-0.39, 0.29) is 12.0 Å². The Hall–Kier alpha value is -1.36. The standard InChI is InChI=1S/C13H21N3O2/c1-9-11(10(2)15-14-9)6-7-16(3)13(17)12-5-4-8-18-12/h12H,4-8H2,1-3H3,(H,14,15)/t12-/m1/s1. The van der Waals surface area contributed by atoms with Crippen LogP contribution in [0.1, 0.15) is 29.8 Å². The SMILES string of the molecule is Cc1n[nH]c(C)c1CCN(C)C(=O)[C@H]1CCCO1. The maximum absolute atomic E-state index is 12.1. The lowest BCUT2D eigenvalue weighted by Gasteiger charge is -2.20. The molecule has 1 atom stereocenters. The van der Waals surface area contributed by atoms with Crippen molar-refractivity contribution in [2.24, 2.45) is 0 Å². The van der Waals surface area contributed by atoms with Gasteiger partial charge in [-0.3, -0.25) is 9.89 Å². The van der Waals surface area contributed by atoms with Gasteiger partial charge in [-0.15, -0.1) is 0 Å². The molecule has 0 radical (unpaired) electrons. The Kier molecular flexibility index (Phi) is 4.01. The number of nitrogens with one attached hydrogen (secondary N) is 1. The van der Waals surface area contributed by atoms with Crippen molar-refractivity contribution in [1.29, 1.82) is 0 Å². The summed E-state index contributed by atoms with van der Waals surface area (Å²) in [7, 11) is 1.84. The molecule has 1 aromatic heterocycles. The van der Waals surface area contributed by atoms with Crippen LogP contribution in [0.3, 0.4) is 0 Å². The highest BCUT2D eigenvalue weighted by Gasteiger charge is 2.26. The molecule has 2 rings (SSSR count). The minimum Gasteiger partial charge on any atom is -0.368 e. The van der Waals surface area contributed by atoms with Gasteiger partial charge in [0.1, 0.15) is 6.10 Å². The summed E-state index contributed by atoms with van der Waals surface area (Å²) in [5.41, 5.74) is 3.32. The highest BCUT2D eigenvalue weighted by atomic mass is 16.5. The van der Waals surface area contributed by atoms with Gasteiger partial charge in [-0.2, -0.15) is 5.10 Å². The number of aromatic amines is 1. The van der Waals surface area contributed by atoms with Crippen LogP contribution in [0.4, 0.5) is 0 Å². The van der Waals surface area contributed by atoms with Gasteiger partial charge >= 0.3 is 0 Å². The number of carbonyl (C=O) groups excluding carboxylic acids is 1. The Balaban J connectivity index is 1.88. The predicted octanol–water partition coefficient (Wildman–Crippen LogP) is 1.21. The summed E-state index contributed by atoms with van der Waals surface area (Å²) in [6.45, 7) is 5.42. The predicted molar refractivity (Wildman–Crippen MR) is 68.4 cm³/mol. The third-order valence-corrected chi connectivity index (χ3v) is 3.56. The normalized spacial score (nSPS) is 19.2. The minimum absolute atomic E-state index is 0.103. The summed E-state index contributed by atoms with van der Waals surface area (Å²) in [6.07, 6.45) is 2.46. The third-order valence-electron chi connectivity index (χ3n) is 3.56. The quantitative estimate of drug-likeness (QED) is 0.875. The average Bonchev–Trinajstić information content (AvgIpc) is 2.97. The second-order valence-electron chi connectivity index (χ2n) is 4.92. The van der Waals surface area contributed by atoms with Crippen LogP contribution in [0.5, 0.6) is 0 Å². The maximum Gasteiger partial charge on any atom is 0.251 e. The summed E-state index contributed by atoms with van der Waals surface area (Å²) in [4.78, 5) is 13.8. The van der Waals surface area contributed by atoms with E-state index in [1.165, 1.54) is 5.56 Å². The fourth-order valence-corrected chi connectivity index (χ4v) is 2.35. The van der Waals surface area contributed by atoms with Gasteiger partial charge in [0.15, 0.2) is 0 Å². The van der Waals surface area contributed by atoms with Crippen LogP contribution in [0.25, 0.3) is 0 Å². The van der Waals surface area contributed by atoms with Crippen LogP contribution >= 0.6 is 0 Å². The highest BCUT2D eigenvalue weighted by Crippen LogP contribution is 2.15. The van der Waals surface area contributed by atoms with Crippen molar-refractivity contribution in [2.75, 3.05) is 20.2 Å². The van der Waals surface area contributed by atoms with Crippen LogP contribution in [0.15, 0.2) is 0 Å². The molecule has 1 amide bonds. The third kappa shape index (κ3) is 2.72. The molecule has 1 aliphatic rings. The Bertz CT molecular complexity index is 402. The number of amides is 1. The number of aryl methyl sites for hydroxylation is 2. The number of carbonyl (C=O) groups is 1. The van der Waals surface area contributed by atoms with Crippen molar-refractivity contribution >= 4 is 5.91 Å². The van der Waals surface area contributed by atoms with E-state index >= 15 is 0 Å². The maximum atomic E-state index is 12.1. The lowest BCUT2D eigenvalue weighted by Crippen LogP contribution is -2.37. The molecule has 0 spiro atoms. The van der Waals surface area contributed by atoms with Crippen molar-refractivity contribution < 1.29 is 9.53 Å². The number of rotatable bonds is 4. The van der Waals surface area contributed by atoms with Crippen molar-refractivity contribution in [2.45, 2.75) is 39.2 Å². The Labute approximate surface area is 108 Å². The van der Waals surface area contributed by atoms with E-state index in [4.69, 9.17) is 4.74 Å². The summed E-state index contributed by atoms with van der Waals surface area (Å²) < 4.78 is 5.41. The summed E-state index contributed by atoms with van der Waals surface area (Å²) in [5, 5.41) is 7.13. The molecule has 1 saturated heterocycles. The van der Waals surface area contributed by atoms with Gasteiger partial charge in [-0.25, -0.2) is 0 Å². The summed E-state index contributed by atoms with van der Waals surface area (Å²) in [5.74, 6) is 0.103. The second-order valence-corrected chi connectivity index (χ2v) is 4.92. The van der Waals surface area contributed by atoms with Gasteiger partial charge in [0.25, 0.3) is 5.91 Å². The van der Waals surface area contributed by atoms with E-state index in [9.17, 15) is 4.79 Å². The topological polar surface area (TPSA) is 58.2 Å². The van der Waals surface area contributed by atoms with Gasteiger partial charge in [0.2, 0.25) is 0 Å². The molecule has 1 aliphatic heterocycles. The van der Waals surface area contributed by atoms with Crippen LogP contribution in [0, 0.1) is 13.8 Å². The monoisotopic (exact) mass is 251 g/mol. The highest BCUT2D eigenvalue weighted by molar-refractivity contribution is 5.80. The van der Waals surface area contributed by atoms with Crippen LogP contribution < -0.4 is 0 Å². The number of likely N-dealkylation sites (N-methyl/N-ethyl adjacent to an activating group) is 1. The number of nitrogens with zero attached hydrogens (tertiary/aromatic N) is 2. The molecule has 1 fully saturated rings. The molecular formula is C13H21N3O2. The zero-order chi connectivity index (χ0) is 13.1. The molecular weight excluding hydrogens is 230 g/mol. The van der Waals surface area contributed by atoms with E-state index in [1.54, 1.807) is 4.90 Å². The molecule has 0 saturated carbocycles. The number of aromatic nitrogens is 2. The smallest absolute Gasteiger partial charge is 0.251 e. The molecule has 0 aromatic carbocycles. The Morgan fingerprint density at radius 2 is 2.33 bits per heavy atom. The average molecular weight is 251 g/mol.